The van der Waals surface area contributed by atoms with Crippen LogP contribution in [0.4, 0.5) is 5.69 Å². The number of hydrogen-bond acceptors (Lipinski definition) is 5. The molecule has 6 heteroatoms. The first-order valence-electron chi connectivity index (χ1n) is 6.42. The molecule has 0 atom stereocenters. The average molecular weight is 264 g/mol. The Kier molecular flexibility index (Phi) is 4.34. The van der Waals surface area contributed by atoms with Crippen molar-refractivity contribution in [3.05, 3.63) is 24.0 Å². The first kappa shape index (κ1) is 13.8. The average Bonchev–Trinajstić information content (AvgIpc) is 2.46. The van der Waals surface area contributed by atoms with Gasteiger partial charge < -0.3 is 15.5 Å². The summed E-state index contributed by atoms with van der Waals surface area (Å²) in [5, 5.41) is 2.94. The number of aromatic nitrogens is 1. The Hall–Kier alpha value is -1.66. The second-order valence-corrected chi connectivity index (χ2v) is 5.18. The molecule has 6 nitrogen and oxygen atoms in total. The van der Waals surface area contributed by atoms with E-state index in [1.54, 1.807) is 12.1 Å². The first-order chi connectivity index (χ1) is 9.13. The highest BCUT2D eigenvalue weighted by Crippen LogP contribution is 2.28. The van der Waals surface area contributed by atoms with Gasteiger partial charge in [0.05, 0.1) is 11.9 Å². The van der Waals surface area contributed by atoms with E-state index in [1.807, 2.05) is 0 Å². The van der Waals surface area contributed by atoms with E-state index in [1.165, 1.54) is 6.20 Å². The normalized spacial score (nSPS) is 17.8. The highest BCUT2D eigenvalue weighted by Gasteiger charge is 2.27. The maximum absolute atomic E-state index is 12.0. The predicted molar refractivity (Wildman–Crippen MR) is 72.5 cm³/mol. The summed E-state index contributed by atoms with van der Waals surface area (Å²) in [4.78, 5) is 16.0. The molecule has 0 spiro atoms. The second-order valence-electron chi connectivity index (χ2n) is 5.18. The number of nitrogens with two attached hydrogens (primary N) is 1. The van der Waals surface area contributed by atoms with Crippen LogP contribution < -0.4 is 16.6 Å². The quantitative estimate of drug-likeness (QED) is 0.555. The van der Waals surface area contributed by atoms with Crippen molar-refractivity contribution in [2.75, 3.05) is 25.2 Å². The van der Waals surface area contributed by atoms with Crippen LogP contribution in [0, 0.1) is 5.41 Å². The van der Waals surface area contributed by atoms with Gasteiger partial charge in [0.2, 0.25) is 0 Å². The van der Waals surface area contributed by atoms with Gasteiger partial charge in [-0.25, -0.2) is 4.98 Å². The predicted octanol–water partition coefficient (Wildman–Crippen LogP) is 0.914. The molecule has 1 amide bonds. The smallest absolute Gasteiger partial charge is 0.269 e. The number of nitrogen functional groups attached to an aromatic ring is 1. The van der Waals surface area contributed by atoms with E-state index in [2.05, 4.69) is 22.7 Å². The summed E-state index contributed by atoms with van der Waals surface area (Å²) in [7, 11) is 0. The molecule has 1 aliphatic rings. The summed E-state index contributed by atoms with van der Waals surface area (Å²) in [6, 6.07) is 3.37. The van der Waals surface area contributed by atoms with Crippen LogP contribution in [0.25, 0.3) is 0 Å². The van der Waals surface area contributed by atoms with Crippen LogP contribution in [-0.2, 0) is 4.74 Å². The zero-order chi connectivity index (χ0) is 13.7. The van der Waals surface area contributed by atoms with Crippen molar-refractivity contribution in [1.82, 2.24) is 10.3 Å². The van der Waals surface area contributed by atoms with Crippen molar-refractivity contribution in [2.24, 2.45) is 11.3 Å². The zero-order valence-electron chi connectivity index (χ0n) is 11.1. The zero-order valence-corrected chi connectivity index (χ0v) is 11.1. The van der Waals surface area contributed by atoms with E-state index in [0.717, 1.165) is 26.1 Å². The molecule has 1 fully saturated rings. The Labute approximate surface area is 112 Å². The van der Waals surface area contributed by atoms with Crippen LogP contribution >= 0.6 is 0 Å². The fraction of sp³-hybridized carbons (Fsp3) is 0.538. The fourth-order valence-electron chi connectivity index (χ4n) is 2.04. The number of anilines is 1. The lowest BCUT2D eigenvalue weighted by molar-refractivity contribution is 0.0238. The Morgan fingerprint density at radius 1 is 1.47 bits per heavy atom. The molecule has 0 aromatic carbocycles. The van der Waals surface area contributed by atoms with Crippen molar-refractivity contribution < 1.29 is 9.53 Å². The molecule has 1 aromatic rings. The van der Waals surface area contributed by atoms with E-state index < -0.39 is 0 Å². The van der Waals surface area contributed by atoms with Gasteiger partial charge in [-0.2, -0.15) is 0 Å². The van der Waals surface area contributed by atoms with Gasteiger partial charge in [0.25, 0.3) is 5.91 Å². The van der Waals surface area contributed by atoms with E-state index in [4.69, 9.17) is 10.6 Å². The van der Waals surface area contributed by atoms with Crippen molar-refractivity contribution in [1.29, 1.82) is 0 Å². The van der Waals surface area contributed by atoms with Crippen molar-refractivity contribution >= 4 is 11.6 Å². The number of rotatable bonds is 4. The molecule has 0 saturated carbocycles. The highest BCUT2D eigenvalue weighted by atomic mass is 16.5. The van der Waals surface area contributed by atoms with Crippen molar-refractivity contribution in [2.45, 2.75) is 19.8 Å². The highest BCUT2D eigenvalue weighted by molar-refractivity contribution is 5.92. The van der Waals surface area contributed by atoms with Crippen LogP contribution in [0.3, 0.4) is 0 Å². The topological polar surface area (TPSA) is 89.3 Å². The number of pyridine rings is 1. The molecule has 2 heterocycles. The van der Waals surface area contributed by atoms with Gasteiger partial charge in [-0.3, -0.25) is 10.6 Å². The molecule has 0 bridgehead atoms. The lowest BCUT2D eigenvalue weighted by atomic mass is 9.82. The van der Waals surface area contributed by atoms with E-state index in [-0.39, 0.29) is 11.3 Å². The number of ether oxygens (including phenoxy) is 1. The summed E-state index contributed by atoms with van der Waals surface area (Å²) >= 11 is 0. The Balaban J connectivity index is 1.89. The molecule has 104 valence electrons. The number of carbonyl (C=O) groups is 1. The van der Waals surface area contributed by atoms with Crippen LogP contribution in [-0.4, -0.2) is 30.6 Å². The van der Waals surface area contributed by atoms with E-state index in [0.29, 0.717) is 17.9 Å². The number of nitrogens with one attached hydrogen (secondary N) is 2. The van der Waals surface area contributed by atoms with Crippen LogP contribution in [0.15, 0.2) is 18.3 Å². The van der Waals surface area contributed by atoms with Gasteiger partial charge in [0.1, 0.15) is 5.69 Å². The molecule has 1 saturated heterocycles. The third kappa shape index (κ3) is 3.65. The Morgan fingerprint density at radius 3 is 2.79 bits per heavy atom. The molecule has 1 aliphatic heterocycles. The minimum Gasteiger partial charge on any atom is -0.381 e. The Morgan fingerprint density at radius 2 is 2.21 bits per heavy atom. The third-order valence-corrected chi connectivity index (χ3v) is 3.54. The summed E-state index contributed by atoms with van der Waals surface area (Å²) < 4.78 is 5.34. The van der Waals surface area contributed by atoms with Gasteiger partial charge in [0, 0.05) is 19.8 Å². The Bertz CT molecular complexity index is 427. The van der Waals surface area contributed by atoms with Crippen LogP contribution in [0.2, 0.25) is 0 Å². The van der Waals surface area contributed by atoms with Gasteiger partial charge >= 0.3 is 0 Å². The molecule has 0 radical (unpaired) electrons. The van der Waals surface area contributed by atoms with Gasteiger partial charge in [-0.05, 0) is 30.4 Å². The maximum atomic E-state index is 12.0. The lowest BCUT2D eigenvalue weighted by Crippen LogP contribution is -2.39. The molecule has 4 N–H and O–H groups in total. The minimum absolute atomic E-state index is 0.118. The summed E-state index contributed by atoms with van der Waals surface area (Å²) in [6.45, 7) is 4.35. The van der Waals surface area contributed by atoms with E-state index in [9.17, 15) is 4.79 Å². The van der Waals surface area contributed by atoms with Gasteiger partial charge in [-0.1, -0.05) is 6.92 Å². The molecule has 19 heavy (non-hydrogen) atoms. The molecule has 0 unspecified atom stereocenters. The standard InChI is InChI=1S/C13H20N4O2/c1-13(4-6-19-7-5-13)9-16-12(18)11-3-2-10(17-14)8-15-11/h2-3,8,17H,4-7,9,14H2,1H3,(H,16,18). The van der Waals surface area contributed by atoms with Crippen LogP contribution in [0.1, 0.15) is 30.3 Å². The molecular formula is C13H20N4O2. The van der Waals surface area contributed by atoms with E-state index >= 15 is 0 Å². The number of hydrazine groups is 1. The monoisotopic (exact) mass is 264 g/mol. The number of nitrogens with zero attached hydrogens (tertiary/aromatic N) is 1. The third-order valence-electron chi connectivity index (χ3n) is 3.54. The number of hydrogen-bond donors (Lipinski definition) is 3. The minimum atomic E-state index is -0.156. The van der Waals surface area contributed by atoms with Crippen molar-refractivity contribution in [3.63, 3.8) is 0 Å². The molecule has 0 aliphatic carbocycles. The van der Waals surface area contributed by atoms with Gasteiger partial charge in [0.15, 0.2) is 0 Å². The summed E-state index contributed by atoms with van der Waals surface area (Å²) in [6.07, 6.45) is 3.47. The largest absolute Gasteiger partial charge is 0.381 e. The molecule has 1 aromatic heterocycles. The molecular weight excluding hydrogens is 244 g/mol. The SMILES string of the molecule is CC1(CNC(=O)c2ccc(NN)cn2)CCOCC1. The summed E-state index contributed by atoms with van der Waals surface area (Å²) in [5.41, 5.74) is 3.66. The summed E-state index contributed by atoms with van der Waals surface area (Å²) in [5.74, 6) is 5.09. The molecule has 2 rings (SSSR count). The fourth-order valence-corrected chi connectivity index (χ4v) is 2.04. The number of amides is 1. The van der Waals surface area contributed by atoms with Crippen molar-refractivity contribution in [3.8, 4) is 0 Å². The maximum Gasteiger partial charge on any atom is 0.269 e. The number of carbonyl (C=O) groups excluding carboxylic acids is 1. The first-order valence-corrected chi connectivity index (χ1v) is 6.42. The van der Waals surface area contributed by atoms with Crippen LogP contribution in [0.5, 0.6) is 0 Å². The lowest BCUT2D eigenvalue weighted by Gasteiger charge is -2.33. The second kappa shape index (κ2) is 5.99. The van der Waals surface area contributed by atoms with Gasteiger partial charge in [-0.15, -0.1) is 0 Å².